The molecule has 0 aromatic heterocycles. The molecular formula is C22H24NO3+. The number of allylic oxidation sites excluding steroid dienone is 1. The Kier molecular flexibility index (Phi) is 4.51. The van der Waals surface area contributed by atoms with Crippen LogP contribution in [0.15, 0.2) is 48.2 Å². The fourth-order valence-electron chi connectivity index (χ4n) is 3.91. The molecule has 0 saturated carbocycles. The van der Waals surface area contributed by atoms with Crippen LogP contribution in [0.4, 0.5) is 0 Å². The third-order valence-electron chi connectivity index (χ3n) is 5.50. The highest BCUT2D eigenvalue weighted by molar-refractivity contribution is 6.14. The van der Waals surface area contributed by atoms with Crippen molar-refractivity contribution >= 4 is 11.9 Å². The maximum atomic E-state index is 12.7. The first-order valence-electron chi connectivity index (χ1n) is 9.32. The molecule has 0 amide bonds. The van der Waals surface area contributed by atoms with Gasteiger partial charge in [-0.15, -0.1) is 0 Å². The molecule has 4 rings (SSSR count). The molecule has 2 aliphatic heterocycles. The number of rotatable bonds is 3. The largest absolute Gasteiger partial charge is 0.507 e. The number of quaternary nitrogens is 1. The second kappa shape index (κ2) is 6.96. The predicted molar refractivity (Wildman–Crippen MR) is 100 cm³/mol. The zero-order valence-corrected chi connectivity index (χ0v) is 15.0. The molecule has 0 radical (unpaired) electrons. The van der Waals surface area contributed by atoms with E-state index in [2.05, 4.69) is 6.92 Å². The highest BCUT2D eigenvalue weighted by Crippen LogP contribution is 2.39. The monoisotopic (exact) mass is 350 g/mol. The normalized spacial score (nSPS) is 23.7. The summed E-state index contributed by atoms with van der Waals surface area (Å²) in [7, 11) is 0. The average Bonchev–Trinajstić information content (AvgIpc) is 2.96. The molecule has 1 fully saturated rings. The van der Waals surface area contributed by atoms with Gasteiger partial charge in [-0.05, 0) is 50.0 Å². The summed E-state index contributed by atoms with van der Waals surface area (Å²) in [4.78, 5) is 14.2. The Labute approximate surface area is 153 Å². The molecule has 0 aliphatic carbocycles. The van der Waals surface area contributed by atoms with Gasteiger partial charge in [-0.3, -0.25) is 4.79 Å². The summed E-state index contributed by atoms with van der Waals surface area (Å²) in [6.07, 6.45) is 5.43. The number of ether oxygens (including phenoxy) is 1. The quantitative estimate of drug-likeness (QED) is 0.837. The lowest BCUT2D eigenvalue weighted by Crippen LogP contribution is -3.14. The number of nitrogens with one attached hydrogen (secondary N) is 1. The summed E-state index contributed by atoms with van der Waals surface area (Å²) in [6, 6.07) is 13.5. The van der Waals surface area contributed by atoms with Crippen LogP contribution in [0, 0.1) is 0 Å². The minimum Gasteiger partial charge on any atom is -0.507 e. The molecule has 2 N–H and O–H groups in total. The topological polar surface area (TPSA) is 51.0 Å². The first-order valence-corrected chi connectivity index (χ1v) is 9.32. The number of Topliss-reactive ketones (excluding diaryl/α,β-unsaturated/α-hetero) is 1. The molecule has 134 valence electrons. The molecule has 1 saturated heterocycles. The Hall–Kier alpha value is -2.59. The number of aromatic hydroxyl groups is 1. The van der Waals surface area contributed by atoms with Gasteiger partial charge in [0.2, 0.25) is 5.78 Å². The lowest BCUT2D eigenvalue weighted by Gasteiger charge is -2.30. The number of fused-ring (bicyclic) bond motifs is 1. The minimum atomic E-state index is -0.119. The van der Waals surface area contributed by atoms with E-state index in [0.29, 0.717) is 29.7 Å². The van der Waals surface area contributed by atoms with E-state index < -0.39 is 0 Å². The van der Waals surface area contributed by atoms with Gasteiger partial charge >= 0.3 is 0 Å². The van der Waals surface area contributed by atoms with Crippen molar-refractivity contribution in [3.8, 4) is 11.5 Å². The number of ketones is 1. The maximum Gasteiger partial charge on any atom is 0.231 e. The molecule has 26 heavy (non-hydrogen) atoms. The zero-order chi connectivity index (χ0) is 18.1. The molecule has 4 nitrogen and oxygen atoms in total. The van der Waals surface area contributed by atoms with E-state index in [9.17, 15) is 9.90 Å². The van der Waals surface area contributed by atoms with Crippen molar-refractivity contribution in [3.05, 3.63) is 64.9 Å². The highest BCUT2D eigenvalue weighted by atomic mass is 16.5. The molecule has 2 aromatic rings. The first-order chi connectivity index (χ1) is 12.6. The van der Waals surface area contributed by atoms with Gasteiger partial charge in [0.25, 0.3) is 0 Å². The van der Waals surface area contributed by atoms with E-state index in [4.69, 9.17) is 4.74 Å². The van der Waals surface area contributed by atoms with Crippen molar-refractivity contribution in [3.63, 3.8) is 0 Å². The van der Waals surface area contributed by atoms with Gasteiger partial charge in [0.15, 0.2) is 11.5 Å². The minimum absolute atomic E-state index is 0.119. The van der Waals surface area contributed by atoms with Gasteiger partial charge in [0, 0.05) is 0 Å². The van der Waals surface area contributed by atoms with Gasteiger partial charge in [0.05, 0.1) is 23.7 Å². The lowest BCUT2D eigenvalue weighted by atomic mass is 10.0. The van der Waals surface area contributed by atoms with E-state index >= 15 is 0 Å². The summed E-state index contributed by atoms with van der Waals surface area (Å²) in [5.41, 5.74) is 2.21. The standard InChI is InChI=1S/C22H23NO3/c1-15-7-5-6-12-23(15)14-18-19(24)11-10-17-21(25)20(26-22(17)18)13-16-8-3-2-4-9-16/h2-4,8-11,13,15,24H,5-7,12,14H2,1H3/p+1/b20-13-/t15-/m0/s1. The van der Waals surface area contributed by atoms with E-state index in [1.165, 1.54) is 24.2 Å². The molecule has 2 atom stereocenters. The molecule has 0 bridgehead atoms. The molecule has 2 aliphatic rings. The third kappa shape index (κ3) is 3.13. The van der Waals surface area contributed by atoms with Crippen LogP contribution in [-0.4, -0.2) is 23.5 Å². The number of phenols is 1. The van der Waals surface area contributed by atoms with Crippen LogP contribution in [0.1, 0.15) is 47.7 Å². The summed E-state index contributed by atoms with van der Waals surface area (Å²) in [5, 5.41) is 10.4. The smallest absolute Gasteiger partial charge is 0.231 e. The van der Waals surface area contributed by atoms with Crippen LogP contribution in [0.2, 0.25) is 0 Å². The second-order valence-corrected chi connectivity index (χ2v) is 7.27. The molecule has 4 heteroatoms. The Morgan fingerprint density at radius 2 is 2.00 bits per heavy atom. The zero-order valence-electron chi connectivity index (χ0n) is 15.0. The number of likely N-dealkylation sites (tertiary alicyclic amines) is 1. The molecule has 0 spiro atoms. The van der Waals surface area contributed by atoms with Gasteiger partial charge in [-0.2, -0.15) is 0 Å². The molecular weight excluding hydrogens is 326 g/mol. The van der Waals surface area contributed by atoms with E-state index in [-0.39, 0.29) is 11.5 Å². The SMILES string of the molecule is C[C@H]1CCCC[NH+]1Cc1c(O)ccc2c1O/C(=C\c1ccccc1)C2=O. The van der Waals surface area contributed by atoms with E-state index in [0.717, 1.165) is 17.7 Å². The number of carbonyl (C=O) groups excluding carboxylic acids is 1. The summed E-state index contributed by atoms with van der Waals surface area (Å²) in [5.74, 6) is 0.941. The second-order valence-electron chi connectivity index (χ2n) is 7.27. The predicted octanol–water partition coefficient (Wildman–Crippen LogP) is 2.97. The fraction of sp³-hybridized carbons (Fsp3) is 0.318. The van der Waals surface area contributed by atoms with Gasteiger partial charge in [-0.1, -0.05) is 30.3 Å². The van der Waals surface area contributed by atoms with Crippen molar-refractivity contribution in [2.45, 2.75) is 38.8 Å². The summed E-state index contributed by atoms with van der Waals surface area (Å²) >= 11 is 0. The van der Waals surface area contributed by atoms with Crippen LogP contribution in [0.3, 0.4) is 0 Å². The van der Waals surface area contributed by atoms with Gasteiger partial charge < -0.3 is 14.7 Å². The lowest BCUT2D eigenvalue weighted by molar-refractivity contribution is -0.941. The van der Waals surface area contributed by atoms with Crippen molar-refractivity contribution in [2.24, 2.45) is 0 Å². The Bertz CT molecular complexity index is 857. The van der Waals surface area contributed by atoms with Gasteiger partial charge in [0.1, 0.15) is 12.3 Å². The van der Waals surface area contributed by atoms with Crippen LogP contribution >= 0.6 is 0 Å². The van der Waals surface area contributed by atoms with Gasteiger partial charge in [-0.25, -0.2) is 0 Å². The number of carbonyl (C=O) groups is 1. The average molecular weight is 350 g/mol. The number of phenolic OH excluding ortho intramolecular Hbond substituents is 1. The van der Waals surface area contributed by atoms with E-state index in [1.54, 1.807) is 18.2 Å². The third-order valence-corrected chi connectivity index (χ3v) is 5.50. The van der Waals surface area contributed by atoms with E-state index in [1.807, 2.05) is 30.3 Å². The molecule has 2 aromatic carbocycles. The number of hydrogen-bond acceptors (Lipinski definition) is 3. The van der Waals surface area contributed by atoms with Crippen molar-refractivity contribution in [1.29, 1.82) is 0 Å². The molecule has 2 heterocycles. The van der Waals surface area contributed by atoms with Crippen LogP contribution in [0.25, 0.3) is 6.08 Å². The Balaban J connectivity index is 1.66. The fourth-order valence-corrected chi connectivity index (χ4v) is 3.91. The van der Waals surface area contributed by atoms with Crippen molar-refractivity contribution in [1.82, 2.24) is 0 Å². The van der Waals surface area contributed by atoms with Crippen LogP contribution in [0.5, 0.6) is 11.5 Å². The Morgan fingerprint density at radius 1 is 1.19 bits per heavy atom. The number of piperidine rings is 1. The van der Waals surface area contributed by atoms with Crippen LogP contribution < -0.4 is 9.64 Å². The van der Waals surface area contributed by atoms with Crippen molar-refractivity contribution < 1.29 is 19.5 Å². The number of benzene rings is 2. The van der Waals surface area contributed by atoms with Crippen LogP contribution in [-0.2, 0) is 6.54 Å². The number of hydrogen-bond donors (Lipinski definition) is 2. The molecule has 1 unspecified atom stereocenters. The van der Waals surface area contributed by atoms with Crippen molar-refractivity contribution in [2.75, 3.05) is 6.54 Å². The maximum absolute atomic E-state index is 12.7. The Morgan fingerprint density at radius 3 is 2.77 bits per heavy atom. The summed E-state index contributed by atoms with van der Waals surface area (Å²) < 4.78 is 5.95. The highest BCUT2D eigenvalue weighted by Gasteiger charge is 2.33. The summed E-state index contributed by atoms with van der Waals surface area (Å²) in [6.45, 7) is 4.02. The first kappa shape index (κ1) is 16.9.